The van der Waals surface area contributed by atoms with Crippen molar-refractivity contribution in [2.75, 3.05) is 25.0 Å². The number of hydrogen-bond acceptors (Lipinski definition) is 6. The fourth-order valence-electron chi connectivity index (χ4n) is 3.47. The van der Waals surface area contributed by atoms with Crippen LogP contribution in [0, 0.1) is 24.2 Å². The lowest BCUT2D eigenvalue weighted by molar-refractivity contribution is -0.122. The number of piperidine rings is 1. The van der Waals surface area contributed by atoms with E-state index in [-0.39, 0.29) is 28.5 Å². The third kappa shape index (κ3) is 3.82. The predicted molar refractivity (Wildman–Crippen MR) is 108 cm³/mol. The number of primary amides is 1. The molecule has 3 rings (SSSR count). The molecule has 0 radical (unpaired) electrons. The molecule has 2 aromatic rings. The predicted octanol–water partition coefficient (Wildman–Crippen LogP) is 0.358. The molecule has 0 saturated carbocycles. The van der Waals surface area contributed by atoms with Crippen LogP contribution in [0.1, 0.15) is 24.0 Å². The highest BCUT2D eigenvalue weighted by Gasteiger charge is 2.27. The number of pyridine rings is 1. The van der Waals surface area contributed by atoms with Gasteiger partial charge in [-0.3, -0.25) is 18.8 Å². The van der Waals surface area contributed by atoms with Crippen LogP contribution in [0.15, 0.2) is 28.7 Å². The minimum absolute atomic E-state index is 0.158. The SMILES string of the molecule is CNC(=O)C(C#N)=Cc1c(N2CCC(C(N)=O)CC2)nc2c(C)cccn2c1=O. The molecule has 9 nitrogen and oxygen atoms in total. The number of likely N-dealkylation sites (N-methyl/N-ethyl adjacent to an activating group) is 1. The van der Waals surface area contributed by atoms with E-state index >= 15 is 0 Å². The first-order valence-corrected chi connectivity index (χ1v) is 9.27. The number of rotatable bonds is 4. The zero-order chi connectivity index (χ0) is 21.1. The second kappa shape index (κ2) is 8.14. The Bertz CT molecular complexity index is 1100. The molecule has 1 aliphatic heterocycles. The summed E-state index contributed by atoms with van der Waals surface area (Å²) >= 11 is 0. The quantitative estimate of drug-likeness (QED) is 0.568. The number of nitrogens with one attached hydrogen (secondary N) is 1. The van der Waals surface area contributed by atoms with Crippen LogP contribution in [-0.4, -0.2) is 41.3 Å². The summed E-state index contributed by atoms with van der Waals surface area (Å²) in [5.74, 6) is -0.740. The smallest absolute Gasteiger partial charge is 0.267 e. The number of amides is 2. The maximum Gasteiger partial charge on any atom is 0.267 e. The van der Waals surface area contributed by atoms with Crippen molar-refractivity contribution in [2.45, 2.75) is 19.8 Å². The number of nitrogens with zero attached hydrogens (tertiary/aromatic N) is 4. The van der Waals surface area contributed by atoms with Crippen LogP contribution in [-0.2, 0) is 9.59 Å². The van der Waals surface area contributed by atoms with Gasteiger partial charge in [-0.2, -0.15) is 5.26 Å². The number of aryl methyl sites for hydroxylation is 1. The minimum Gasteiger partial charge on any atom is -0.369 e. The zero-order valence-electron chi connectivity index (χ0n) is 16.3. The van der Waals surface area contributed by atoms with Gasteiger partial charge in [0.1, 0.15) is 23.1 Å². The first-order chi connectivity index (χ1) is 13.9. The topological polar surface area (TPSA) is 134 Å². The van der Waals surface area contributed by atoms with Crippen molar-refractivity contribution in [3.63, 3.8) is 0 Å². The highest BCUT2D eigenvalue weighted by atomic mass is 16.2. The highest BCUT2D eigenvalue weighted by Crippen LogP contribution is 2.26. The Kier molecular flexibility index (Phi) is 5.64. The van der Waals surface area contributed by atoms with Gasteiger partial charge in [0.2, 0.25) is 5.91 Å². The van der Waals surface area contributed by atoms with Crippen LogP contribution in [0.4, 0.5) is 5.82 Å². The van der Waals surface area contributed by atoms with Crippen LogP contribution < -0.4 is 21.5 Å². The Hall–Kier alpha value is -3.67. The molecule has 2 amide bonds. The van der Waals surface area contributed by atoms with Crippen molar-refractivity contribution in [1.29, 1.82) is 5.26 Å². The van der Waals surface area contributed by atoms with E-state index in [0.717, 1.165) is 5.56 Å². The molecule has 9 heteroatoms. The normalized spacial score (nSPS) is 15.2. The molecule has 29 heavy (non-hydrogen) atoms. The summed E-state index contributed by atoms with van der Waals surface area (Å²) in [6.45, 7) is 2.83. The summed E-state index contributed by atoms with van der Waals surface area (Å²) in [5.41, 5.74) is 6.33. The third-order valence-electron chi connectivity index (χ3n) is 5.14. The average Bonchev–Trinajstić information content (AvgIpc) is 2.73. The maximum atomic E-state index is 13.2. The number of hydrogen-bond donors (Lipinski definition) is 2. The number of fused-ring (bicyclic) bond motifs is 1. The van der Waals surface area contributed by atoms with Gasteiger partial charge in [-0.25, -0.2) is 4.98 Å². The van der Waals surface area contributed by atoms with Crippen molar-refractivity contribution in [2.24, 2.45) is 11.7 Å². The zero-order valence-corrected chi connectivity index (χ0v) is 16.3. The third-order valence-corrected chi connectivity index (χ3v) is 5.14. The summed E-state index contributed by atoms with van der Waals surface area (Å²) in [7, 11) is 1.41. The Balaban J connectivity index is 2.19. The minimum atomic E-state index is -0.584. The Morgan fingerprint density at radius 3 is 2.66 bits per heavy atom. The number of carbonyl (C=O) groups is 2. The van der Waals surface area contributed by atoms with Gasteiger partial charge in [-0.1, -0.05) is 6.07 Å². The van der Waals surface area contributed by atoms with Crippen molar-refractivity contribution in [3.05, 3.63) is 45.4 Å². The molecule has 2 aromatic heterocycles. The van der Waals surface area contributed by atoms with Gasteiger partial charge in [-0.05, 0) is 37.5 Å². The van der Waals surface area contributed by atoms with Gasteiger partial charge in [-0.15, -0.1) is 0 Å². The van der Waals surface area contributed by atoms with E-state index in [9.17, 15) is 19.6 Å². The standard InChI is InChI=1S/C20H22N6O3/c1-12-4-3-7-26-17(12)24-18(25-8-5-13(6-9-25)16(22)27)15(20(26)29)10-14(11-21)19(28)23-2/h3-4,7,10,13H,5-6,8-9H2,1-2H3,(H2,22,27)(H,23,28). The van der Waals surface area contributed by atoms with Gasteiger partial charge < -0.3 is 16.0 Å². The molecule has 0 atom stereocenters. The monoisotopic (exact) mass is 394 g/mol. The molecule has 150 valence electrons. The molecule has 1 saturated heterocycles. The summed E-state index contributed by atoms with van der Waals surface area (Å²) in [6, 6.07) is 5.42. The van der Waals surface area contributed by atoms with Gasteiger partial charge in [0.15, 0.2) is 0 Å². The molecule has 0 aromatic carbocycles. The lowest BCUT2D eigenvalue weighted by Crippen LogP contribution is -2.40. The van der Waals surface area contributed by atoms with Gasteiger partial charge in [0.25, 0.3) is 11.5 Å². The van der Waals surface area contributed by atoms with Gasteiger partial charge >= 0.3 is 0 Å². The number of carbonyl (C=O) groups excluding carboxylic acids is 2. The number of anilines is 1. The molecule has 1 fully saturated rings. The van der Waals surface area contributed by atoms with Crippen molar-refractivity contribution in [3.8, 4) is 6.07 Å². The van der Waals surface area contributed by atoms with Crippen molar-refractivity contribution >= 4 is 29.4 Å². The summed E-state index contributed by atoms with van der Waals surface area (Å²) in [6.07, 6.45) is 3.98. The van der Waals surface area contributed by atoms with Crippen molar-refractivity contribution < 1.29 is 9.59 Å². The first kappa shape index (κ1) is 20.1. The Morgan fingerprint density at radius 2 is 2.07 bits per heavy atom. The molecule has 3 heterocycles. The molecule has 0 bridgehead atoms. The second-order valence-corrected chi connectivity index (χ2v) is 6.95. The summed E-state index contributed by atoms with van der Waals surface area (Å²) < 4.78 is 1.40. The molecule has 0 unspecified atom stereocenters. The lowest BCUT2D eigenvalue weighted by Gasteiger charge is -2.32. The van der Waals surface area contributed by atoms with E-state index in [0.29, 0.717) is 37.4 Å². The van der Waals surface area contributed by atoms with Crippen LogP contribution in [0.25, 0.3) is 11.7 Å². The number of nitrogens with two attached hydrogens (primary N) is 1. The van der Waals surface area contributed by atoms with Crippen LogP contribution >= 0.6 is 0 Å². The van der Waals surface area contributed by atoms with E-state index in [1.165, 1.54) is 17.5 Å². The number of aromatic nitrogens is 2. The summed E-state index contributed by atoms with van der Waals surface area (Å²) in [5, 5.41) is 11.8. The van der Waals surface area contributed by atoms with Crippen LogP contribution in [0.5, 0.6) is 0 Å². The summed E-state index contributed by atoms with van der Waals surface area (Å²) in [4.78, 5) is 43.3. The van der Waals surface area contributed by atoms with E-state index in [1.807, 2.05) is 24.0 Å². The fourth-order valence-corrected chi connectivity index (χ4v) is 3.47. The van der Waals surface area contributed by atoms with Gasteiger partial charge in [0.05, 0.1) is 5.56 Å². The fraction of sp³-hybridized carbons (Fsp3) is 0.350. The van der Waals surface area contributed by atoms with Gasteiger partial charge in [0, 0.05) is 32.3 Å². The molecular weight excluding hydrogens is 372 g/mol. The Labute approximate surface area is 167 Å². The first-order valence-electron chi connectivity index (χ1n) is 9.27. The second-order valence-electron chi connectivity index (χ2n) is 6.95. The molecule has 3 N–H and O–H groups in total. The van der Waals surface area contributed by atoms with E-state index in [1.54, 1.807) is 12.3 Å². The van der Waals surface area contributed by atoms with Crippen LogP contribution in [0.3, 0.4) is 0 Å². The van der Waals surface area contributed by atoms with E-state index < -0.39 is 5.91 Å². The highest BCUT2D eigenvalue weighted by molar-refractivity contribution is 6.02. The largest absolute Gasteiger partial charge is 0.369 e. The van der Waals surface area contributed by atoms with E-state index in [2.05, 4.69) is 10.3 Å². The lowest BCUT2D eigenvalue weighted by atomic mass is 9.96. The molecule has 0 aliphatic carbocycles. The molecule has 1 aliphatic rings. The molecular formula is C20H22N6O3. The van der Waals surface area contributed by atoms with E-state index in [4.69, 9.17) is 5.73 Å². The Morgan fingerprint density at radius 1 is 1.38 bits per heavy atom. The maximum absolute atomic E-state index is 13.2. The van der Waals surface area contributed by atoms with Crippen LogP contribution in [0.2, 0.25) is 0 Å². The number of nitriles is 1. The molecule has 0 spiro atoms. The van der Waals surface area contributed by atoms with Crippen molar-refractivity contribution in [1.82, 2.24) is 14.7 Å². The average molecular weight is 394 g/mol.